The summed E-state index contributed by atoms with van der Waals surface area (Å²) in [6.45, 7) is 7.74. The van der Waals surface area contributed by atoms with Gasteiger partial charge < -0.3 is 10.2 Å². The lowest BCUT2D eigenvalue weighted by atomic mass is 9.92. The molecule has 1 N–H and O–H groups in total. The summed E-state index contributed by atoms with van der Waals surface area (Å²) in [4.78, 5) is 27.8. The van der Waals surface area contributed by atoms with Crippen LogP contribution in [-0.4, -0.2) is 27.4 Å². The number of pyridine rings is 1. The predicted octanol–water partition coefficient (Wildman–Crippen LogP) is 4.33. The van der Waals surface area contributed by atoms with Crippen LogP contribution in [0.15, 0.2) is 64.7 Å². The lowest BCUT2D eigenvalue weighted by Gasteiger charge is -2.20. The first-order valence-corrected chi connectivity index (χ1v) is 10.1. The summed E-state index contributed by atoms with van der Waals surface area (Å²) < 4.78 is 1.74. The molecule has 0 atom stereocenters. The molecule has 1 aliphatic rings. The van der Waals surface area contributed by atoms with E-state index in [9.17, 15) is 4.79 Å². The van der Waals surface area contributed by atoms with Crippen molar-refractivity contribution in [2.75, 3.05) is 16.9 Å². The molecule has 2 aromatic heterocycles. The number of aryl methyl sites for hydroxylation is 1. The molecule has 0 saturated carbocycles. The summed E-state index contributed by atoms with van der Waals surface area (Å²) in [7, 11) is 0. The third kappa shape index (κ3) is 4.56. The maximum absolute atomic E-state index is 12.5. The van der Waals surface area contributed by atoms with Gasteiger partial charge in [-0.25, -0.2) is 4.98 Å². The highest BCUT2D eigenvalue weighted by atomic mass is 16.1. The fourth-order valence-corrected chi connectivity index (χ4v) is 3.21. The molecule has 0 amide bonds. The zero-order valence-corrected chi connectivity index (χ0v) is 17.5. The molecule has 4 rings (SSSR count). The van der Waals surface area contributed by atoms with Gasteiger partial charge in [-0.1, -0.05) is 20.8 Å². The standard InChI is InChI=1S/C23H26N6O/c1-23(2,3)11-14-29-20(30)10-5-17-15-25-22(27-21(17)29)26-18-6-8-19(9-7-18)28-13-4-12-24-16-28/h4-10,12-13,15H,11,14,16H2,1-3H3,(H,25,26,27). The van der Waals surface area contributed by atoms with Crippen molar-refractivity contribution in [3.63, 3.8) is 0 Å². The van der Waals surface area contributed by atoms with Crippen LogP contribution in [0.4, 0.5) is 17.3 Å². The fourth-order valence-electron chi connectivity index (χ4n) is 3.21. The predicted molar refractivity (Wildman–Crippen MR) is 123 cm³/mol. The van der Waals surface area contributed by atoms with Crippen molar-refractivity contribution in [2.45, 2.75) is 33.7 Å². The minimum Gasteiger partial charge on any atom is -0.328 e. The second-order valence-corrected chi connectivity index (χ2v) is 8.56. The Hall–Kier alpha value is -3.48. The molecule has 30 heavy (non-hydrogen) atoms. The van der Waals surface area contributed by atoms with E-state index in [2.05, 4.69) is 45.9 Å². The minimum atomic E-state index is -0.0435. The van der Waals surface area contributed by atoms with Crippen molar-refractivity contribution in [1.82, 2.24) is 14.5 Å². The minimum absolute atomic E-state index is 0.0435. The molecular formula is C23H26N6O. The number of anilines is 3. The van der Waals surface area contributed by atoms with Crippen molar-refractivity contribution in [3.05, 3.63) is 65.2 Å². The molecule has 0 radical (unpaired) electrons. The van der Waals surface area contributed by atoms with E-state index >= 15 is 0 Å². The van der Waals surface area contributed by atoms with Gasteiger partial charge in [0.1, 0.15) is 12.3 Å². The number of aromatic nitrogens is 3. The molecule has 7 heteroatoms. The Morgan fingerprint density at radius 3 is 2.60 bits per heavy atom. The van der Waals surface area contributed by atoms with E-state index in [1.165, 1.54) is 0 Å². The first-order valence-electron chi connectivity index (χ1n) is 10.1. The molecule has 3 heterocycles. The van der Waals surface area contributed by atoms with Crippen LogP contribution in [0, 0.1) is 5.41 Å². The summed E-state index contributed by atoms with van der Waals surface area (Å²) in [5, 5.41) is 4.09. The van der Waals surface area contributed by atoms with Gasteiger partial charge in [-0.3, -0.25) is 14.4 Å². The third-order valence-electron chi connectivity index (χ3n) is 4.96. The Bertz CT molecular complexity index is 1160. The van der Waals surface area contributed by atoms with Crippen LogP contribution in [0.5, 0.6) is 0 Å². The van der Waals surface area contributed by atoms with E-state index < -0.39 is 0 Å². The van der Waals surface area contributed by atoms with E-state index in [0.29, 0.717) is 24.8 Å². The second kappa shape index (κ2) is 8.10. The average Bonchev–Trinajstić information content (AvgIpc) is 2.73. The molecule has 0 saturated heterocycles. The average molecular weight is 403 g/mol. The summed E-state index contributed by atoms with van der Waals surface area (Å²) in [5.74, 6) is 0.466. The maximum atomic E-state index is 12.5. The first kappa shape index (κ1) is 19.8. The Balaban J connectivity index is 1.58. The molecule has 0 unspecified atom stereocenters. The van der Waals surface area contributed by atoms with Crippen LogP contribution in [0.25, 0.3) is 11.0 Å². The van der Waals surface area contributed by atoms with E-state index in [1.54, 1.807) is 29.1 Å². The number of allylic oxidation sites excluding steroid dienone is 1. The Kier molecular flexibility index (Phi) is 5.35. The monoisotopic (exact) mass is 402 g/mol. The summed E-state index contributed by atoms with van der Waals surface area (Å²) in [6, 6.07) is 11.4. The van der Waals surface area contributed by atoms with Gasteiger partial charge in [0.2, 0.25) is 5.95 Å². The highest BCUT2D eigenvalue weighted by molar-refractivity contribution is 5.76. The van der Waals surface area contributed by atoms with Gasteiger partial charge in [0.15, 0.2) is 0 Å². The van der Waals surface area contributed by atoms with Crippen LogP contribution < -0.4 is 15.8 Å². The molecule has 0 aliphatic carbocycles. The number of rotatable bonds is 5. The van der Waals surface area contributed by atoms with Gasteiger partial charge in [-0.05, 0) is 48.2 Å². The molecule has 3 aromatic rings. The first-order chi connectivity index (χ1) is 14.4. The number of nitrogens with zero attached hydrogens (tertiary/aromatic N) is 5. The Morgan fingerprint density at radius 2 is 1.90 bits per heavy atom. The zero-order chi connectivity index (χ0) is 21.1. The van der Waals surface area contributed by atoms with Gasteiger partial charge in [-0.2, -0.15) is 4.98 Å². The smallest absolute Gasteiger partial charge is 0.252 e. The number of hydrogen-bond donors (Lipinski definition) is 1. The fraction of sp³-hybridized carbons (Fsp3) is 0.304. The van der Waals surface area contributed by atoms with Crippen molar-refractivity contribution in [2.24, 2.45) is 10.4 Å². The number of benzene rings is 1. The van der Waals surface area contributed by atoms with Gasteiger partial charge >= 0.3 is 0 Å². The molecular weight excluding hydrogens is 376 g/mol. The molecule has 1 aliphatic heterocycles. The van der Waals surface area contributed by atoms with Crippen LogP contribution in [0.2, 0.25) is 0 Å². The van der Waals surface area contributed by atoms with Crippen molar-refractivity contribution >= 4 is 34.6 Å². The molecule has 0 bridgehead atoms. The van der Waals surface area contributed by atoms with Crippen LogP contribution in [0.1, 0.15) is 27.2 Å². The van der Waals surface area contributed by atoms with Crippen LogP contribution in [0.3, 0.4) is 0 Å². The third-order valence-corrected chi connectivity index (χ3v) is 4.96. The number of nitrogens with one attached hydrogen (secondary N) is 1. The van der Waals surface area contributed by atoms with Gasteiger partial charge in [0.25, 0.3) is 5.56 Å². The molecule has 0 spiro atoms. The lowest BCUT2D eigenvalue weighted by Crippen LogP contribution is -2.23. The van der Waals surface area contributed by atoms with E-state index in [1.807, 2.05) is 36.5 Å². The van der Waals surface area contributed by atoms with E-state index in [0.717, 1.165) is 23.2 Å². The van der Waals surface area contributed by atoms with Crippen molar-refractivity contribution < 1.29 is 0 Å². The summed E-state index contributed by atoms with van der Waals surface area (Å²) in [5.41, 5.74) is 2.67. The number of hydrogen-bond acceptors (Lipinski definition) is 6. The Morgan fingerprint density at radius 1 is 1.10 bits per heavy atom. The molecule has 154 valence electrons. The molecule has 1 aromatic carbocycles. The molecule has 7 nitrogen and oxygen atoms in total. The van der Waals surface area contributed by atoms with Gasteiger partial charge in [0.05, 0.1) is 0 Å². The number of fused-ring (bicyclic) bond motifs is 1. The van der Waals surface area contributed by atoms with E-state index in [-0.39, 0.29) is 11.0 Å². The SMILES string of the molecule is CC(C)(C)CCn1c(=O)ccc2cnc(Nc3ccc(N4C=CC=NC4)cc3)nc21. The topological polar surface area (TPSA) is 75.4 Å². The summed E-state index contributed by atoms with van der Waals surface area (Å²) >= 11 is 0. The second-order valence-electron chi connectivity index (χ2n) is 8.56. The van der Waals surface area contributed by atoms with Crippen molar-refractivity contribution in [1.29, 1.82) is 0 Å². The normalized spacial score (nSPS) is 13.8. The van der Waals surface area contributed by atoms with Gasteiger partial charge in [0, 0.05) is 48.0 Å². The van der Waals surface area contributed by atoms with Crippen LogP contribution in [-0.2, 0) is 6.54 Å². The van der Waals surface area contributed by atoms with Gasteiger partial charge in [-0.15, -0.1) is 0 Å². The highest BCUT2D eigenvalue weighted by Gasteiger charge is 2.13. The maximum Gasteiger partial charge on any atom is 0.252 e. The van der Waals surface area contributed by atoms with Crippen molar-refractivity contribution in [3.8, 4) is 0 Å². The van der Waals surface area contributed by atoms with E-state index in [4.69, 9.17) is 0 Å². The zero-order valence-electron chi connectivity index (χ0n) is 17.5. The quantitative estimate of drug-likeness (QED) is 0.687. The highest BCUT2D eigenvalue weighted by Crippen LogP contribution is 2.23. The molecule has 0 fully saturated rings. The van der Waals surface area contributed by atoms with Crippen LogP contribution >= 0.6 is 0 Å². The number of aliphatic imine (C=N–C) groups is 1. The lowest BCUT2D eigenvalue weighted by molar-refractivity contribution is 0.350. The summed E-state index contributed by atoms with van der Waals surface area (Å²) in [6.07, 6.45) is 8.35. The Labute approximate surface area is 175 Å². The largest absolute Gasteiger partial charge is 0.328 e.